The third kappa shape index (κ3) is 4.00. The fourth-order valence-electron chi connectivity index (χ4n) is 3.70. The Hall–Kier alpha value is -3.19. The van der Waals surface area contributed by atoms with E-state index in [1.165, 1.54) is 11.1 Å². The highest BCUT2D eigenvalue weighted by Crippen LogP contribution is 2.39. The Labute approximate surface area is 170 Å². The van der Waals surface area contributed by atoms with Gasteiger partial charge in [-0.05, 0) is 36.1 Å². The number of rotatable bonds is 7. The van der Waals surface area contributed by atoms with E-state index in [0.717, 1.165) is 17.7 Å². The molecule has 0 aliphatic carbocycles. The van der Waals surface area contributed by atoms with Gasteiger partial charge >= 0.3 is 6.01 Å². The molecule has 1 aliphatic rings. The van der Waals surface area contributed by atoms with Crippen molar-refractivity contribution in [3.8, 4) is 6.01 Å². The van der Waals surface area contributed by atoms with Crippen molar-refractivity contribution in [3.63, 3.8) is 0 Å². The molecule has 0 spiro atoms. The van der Waals surface area contributed by atoms with Crippen LogP contribution in [0.3, 0.4) is 0 Å². The summed E-state index contributed by atoms with van der Waals surface area (Å²) in [5, 5.41) is 3.28. The largest absolute Gasteiger partial charge is 0.467 e. The van der Waals surface area contributed by atoms with E-state index in [1.807, 2.05) is 24.3 Å². The van der Waals surface area contributed by atoms with Crippen LogP contribution in [0, 0.1) is 0 Å². The van der Waals surface area contributed by atoms with Gasteiger partial charge in [-0.1, -0.05) is 42.5 Å². The van der Waals surface area contributed by atoms with Gasteiger partial charge in [-0.3, -0.25) is 0 Å². The molecule has 7 heteroatoms. The monoisotopic (exact) mass is 391 g/mol. The number of benzene rings is 2. The van der Waals surface area contributed by atoms with Crippen molar-refractivity contribution in [2.45, 2.75) is 32.5 Å². The van der Waals surface area contributed by atoms with Crippen molar-refractivity contribution in [3.05, 3.63) is 65.2 Å². The van der Waals surface area contributed by atoms with Gasteiger partial charge in [-0.25, -0.2) is 0 Å². The molecule has 2 aromatic carbocycles. The van der Waals surface area contributed by atoms with E-state index in [2.05, 4.69) is 56.4 Å². The average molecular weight is 391 g/mol. The zero-order valence-electron chi connectivity index (χ0n) is 16.9. The van der Waals surface area contributed by atoms with Crippen LogP contribution in [0.25, 0.3) is 0 Å². The Bertz CT molecular complexity index is 980. The first-order chi connectivity index (χ1) is 14.2. The molecular formula is C22H25N5O2. The summed E-state index contributed by atoms with van der Waals surface area (Å²) in [7, 11) is 3.29. The molecule has 3 aromatic rings. The molecule has 7 nitrogen and oxygen atoms in total. The van der Waals surface area contributed by atoms with Gasteiger partial charge in [0.25, 0.3) is 0 Å². The van der Waals surface area contributed by atoms with Gasteiger partial charge in [0.1, 0.15) is 0 Å². The molecule has 29 heavy (non-hydrogen) atoms. The van der Waals surface area contributed by atoms with Gasteiger partial charge in [0.2, 0.25) is 11.9 Å². The average Bonchev–Trinajstić information content (AvgIpc) is 3.10. The third-order valence-electron chi connectivity index (χ3n) is 5.04. The summed E-state index contributed by atoms with van der Waals surface area (Å²) in [6, 6.07) is 16.9. The number of hydrogen-bond donors (Lipinski definition) is 1. The van der Waals surface area contributed by atoms with Crippen LogP contribution in [0.1, 0.15) is 23.6 Å². The predicted molar refractivity (Wildman–Crippen MR) is 113 cm³/mol. The summed E-state index contributed by atoms with van der Waals surface area (Å²) in [4.78, 5) is 15.7. The highest BCUT2D eigenvalue weighted by atomic mass is 16.5. The van der Waals surface area contributed by atoms with E-state index in [0.29, 0.717) is 31.1 Å². The molecule has 1 atom stereocenters. The highest BCUT2D eigenvalue weighted by molar-refractivity contribution is 5.69. The summed E-state index contributed by atoms with van der Waals surface area (Å²) >= 11 is 0. The standard InChI is InChI=1S/C22H25N5O2/c1-15-12-18-17(14-28-2)10-7-11-19(18)27(15)21-24-20(25-22(26-21)29-3)23-13-16-8-5-4-6-9-16/h4-11,15H,12-14H2,1-3H3,(H,23,24,25,26). The lowest BCUT2D eigenvalue weighted by Gasteiger charge is -2.23. The van der Waals surface area contributed by atoms with E-state index in [9.17, 15) is 0 Å². The minimum absolute atomic E-state index is 0.220. The topological polar surface area (TPSA) is 72.4 Å². The third-order valence-corrected chi connectivity index (χ3v) is 5.04. The number of hydrogen-bond acceptors (Lipinski definition) is 7. The number of nitrogens with one attached hydrogen (secondary N) is 1. The molecular weight excluding hydrogens is 366 g/mol. The SMILES string of the molecule is COCc1cccc2c1CC(C)N2c1nc(NCc2ccccc2)nc(OC)n1. The van der Waals surface area contributed by atoms with Gasteiger partial charge in [0, 0.05) is 25.4 Å². The lowest BCUT2D eigenvalue weighted by molar-refractivity contribution is 0.184. The van der Waals surface area contributed by atoms with Crippen molar-refractivity contribution in [1.82, 2.24) is 15.0 Å². The Balaban J connectivity index is 1.66. The number of aromatic nitrogens is 3. The van der Waals surface area contributed by atoms with Crippen molar-refractivity contribution in [2.75, 3.05) is 24.4 Å². The first kappa shape index (κ1) is 19.1. The number of fused-ring (bicyclic) bond motifs is 1. The van der Waals surface area contributed by atoms with E-state index >= 15 is 0 Å². The molecule has 0 fully saturated rings. The molecule has 4 rings (SSSR count). The van der Waals surface area contributed by atoms with E-state index in [1.54, 1.807) is 14.2 Å². The zero-order chi connectivity index (χ0) is 20.2. The molecule has 0 amide bonds. The minimum Gasteiger partial charge on any atom is -0.467 e. The Morgan fingerprint density at radius 1 is 1.03 bits per heavy atom. The van der Waals surface area contributed by atoms with Crippen molar-refractivity contribution >= 4 is 17.6 Å². The summed E-state index contributed by atoms with van der Waals surface area (Å²) in [5.74, 6) is 1.07. The molecule has 0 radical (unpaired) electrons. The maximum absolute atomic E-state index is 5.37. The van der Waals surface area contributed by atoms with E-state index < -0.39 is 0 Å². The second-order valence-corrected chi connectivity index (χ2v) is 7.06. The lowest BCUT2D eigenvalue weighted by Crippen LogP contribution is -2.26. The Morgan fingerprint density at radius 2 is 1.86 bits per heavy atom. The number of anilines is 3. The van der Waals surface area contributed by atoms with Crippen molar-refractivity contribution in [1.29, 1.82) is 0 Å². The number of methoxy groups -OCH3 is 2. The fraction of sp³-hybridized carbons (Fsp3) is 0.318. The van der Waals surface area contributed by atoms with Crippen molar-refractivity contribution in [2.24, 2.45) is 0 Å². The van der Waals surface area contributed by atoms with Gasteiger partial charge in [-0.15, -0.1) is 0 Å². The molecule has 0 saturated heterocycles. The summed E-state index contributed by atoms with van der Waals surface area (Å²) in [5.41, 5.74) is 4.73. The van der Waals surface area contributed by atoms with Crippen LogP contribution >= 0.6 is 0 Å². The van der Waals surface area contributed by atoms with Crippen LogP contribution in [-0.2, 0) is 24.3 Å². The molecule has 150 valence electrons. The normalized spacial score (nSPS) is 15.3. The highest BCUT2D eigenvalue weighted by Gasteiger charge is 2.31. The van der Waals surface area contributed by atoms with Gasteiger partial charge in [0.05, 0.1) is 13.7 Å². The molecule has 0 saturated carbocycles. The minimum atomic E-state index is 0.220. The quantitative estimate of drug-likeness (QED) is 0.658. The van der Waals surface area contributed by atoms with E-state index in [-0.39, 0.29) is 6.04 Å². The smallest absolute Gasteiger partial charge is 0.322 e. The van der Waals surface area contributed by atoms with Gasteiger partial charge < -0.3 is 19.7 Å². The summed E-state index contributed by atoms with van der Waals surface area (Å²) < 4.78 is 10.7. The maximum Gasteiger partial charge on any atom is 0.322 e. The first-order valence-electron chi connectivity index (χ1n) is 9.66. The molecule has 1 aliphatic heterocycles. The number of nitrogens with zero attached hydrogens (tertiary/aromatic N) is 4. The van der Waals surface area contributed by atoms with E-state index in [4.69, 9.17) is 9.47 Å². The van der Waals surface area contributed by atoms with Gasteiger partial charge in [0.15, 0.2) is 0 Å². The first-order valence-corrected chi connectivity index (χ1v) is 9.66. The van der Waals surface area contributed by atoms with Crippen LogP contribution in [0.15, 0.2) is 48.5 Å². The predicted octanol–water partition coefficient (Wildman–Crippen LogP) is 3.72. The number of ether oxygens (including phenoxy) is 2. The molecule has 2 heterocycles. The lowest BCUT2D eigenvalue weighted by atomic mass is 10.0. The fourth-order valence-corrected chi connectivity index (χ4v) is 3.70. The molecule has 1 unspecified atom stereocenters. The molecule has 1 aromatic heterocycles. The molecule has 0 bridgehead atoms. The van der Waals surface area contributed by atoms with Crippen LogP contribution < -0.4 is 15.0 Å². The van der Waals surface area contributed by atoms with Crippen LogP contribution in [0.5, 0.6) is 6.01 Å². The summed E-state index contributed by atoms with van der Waals surface area (Å²) in [6.07, 6.45) is 0.912. The van der Waals surface area contributed by atoms with Crippen LogP contribution in [0.2, 0.25) is 0 Å². The second kappa shape index (κ2) is 8.45. The zero-order valence-corrected chi connectivity index (χ0v) is 16.9. The Kier molecular flexibility index (Phi) is 5.57. The second-order valence-electron chi connectivity index (χ2n) is 7.06. The summed E-state index contributed by atoms with van der Waals surface area (Å²) in [6.45, 7) is 3.38. The Morgan fingerprint density at radius 3 is 2.62 bits per heavy atom. The van der Waals surface area contributed by atoms with Crippen LogP contribution in [0.4, 0.5) is 17.6 Å². The van der Waals surface area contributed by atoms with Crippen LogP contribution in [-0.4, -0.2) is 35.2 Å². The van der Waals surface area contributed by atoms with Gasteiger partial charge in [-0.2, -0.15) is 15.0 Å². The molecule has 1 N–H and O–H groups in total. The maximum atomic E-state index is 5.37. The van der Waals surface area contributed by atoms with Crippen molar-refractivity contribution < 1.29 is 9.47 Å².